The van der Waals surface area contributed by atoms with Gasteiger partial charge in [0, 0.05) is 48.6 Å². The monoisotopic (exact) mass is 308 g/mol. The molecule has 0 amide bonds. The van der Waals surface area contributed by atoms with Crippen LogP contribution in [0.4, 0.5) is 5.69 Å². The topological polar surface area (TPSA) is 65.1 Å². The van der Waals surface area contributed by atoms with Crippen molar-refractivity contribution in [3.05, 3.63) is 76.0 Å². The van der Waals surface area contributed by atoms with E-state index in [4.69, 9.17) is 0 Å². The highest BCUT2D eigenvalue weighted by Crippen LogP contribution is 2.34. The van der Waals surface area contributed by atoms with E-state index in [-0.39, 0.29) is 11.6 Å². The molecule has 0 unspecified atom stereocenters. The maximum absolute atomic E-state index is 11.2. The number of aryl methyl sites for hydroxylation is 1. The molecule has 0 aliphatic rings. The molecule has 0 bridgehead atoms. The Hall–Kier alpha value is -2.95. The van der Waals surface area contributed by atoms with Crippen molar-refractivity contribution in [1.82, 2.24) is 4.57 Å². The van der Waals surface area contributed by atoms with Crippen molar-refractivity contribution in [2.75, 3.05) is 0 Å². The van der Waals surface area contributed by atoms with Crippen molar-refractivity contribution in [1.29, 1.82) is 0 Å². The minimum atomic E-state index is -0.420. The van der Waals surface area contributed by atoms with Crippen molar-refractivity contribution in [2.24, 2.45) is 7.05 Å². The molecule has 5 heteroatoms. The Balaban J connectivity index is 2.10. The van der Waals surface area contributed by atoms with Gasteiger partial charge < -0.3 is 9.36 Å². The third-order valence-electron chi connectivity index (χ3n) is 4.14. The third-order valence-corrected chi connectivity index (χ3v) is 4.14. The molecule has 0 radical (unpaired) electrons. The van der Waals surface area contributed by atoms with Crippen molar-refractivity contribution < 1.29 is 9.72 Å². The maximum Gasteiger partial charge on any atom is 0.269 e. The van der Waals surface area contributed by atoms with Crippen molar-refractivity contribution in [3.63, 3.8) is 0 Å². The first-order valence-electron chi connectivity index (χ1n) is 7.33. The molecule has 0 saturated heterocycles. The van der Waals surface area contributed by atoms with Crippen LogP contribution in [0.5, 0.6) is 0 Å². The van der Waals surface area contributed by atoms with E-state index in [0.29, 0.717) is 6.42 Å². The number of aromatic nitrogens is 1. The van der Waals surface area contributed by atoms with Gasteiger partial charge in [0.05, 0.1) is 4.92 Å². The summed E-state index contributed by atoms with van der Waals surface area (Å²) >= 11 is 0. The lowest BCUT2D eigenvalue weighted by atomic mass is 9.88. The van der Waals surface area contributed by atoms with E-state index >= 15 is 0 Å². The van der Waals surface area contributed by atoms with Gasteiger partial charge in [0.15, 0.2) is 0 Å². The Kier molecular flexibility index (Phi) is 3.93. The molecule has 0 fully saturated rings. The summed E-state index contributed by atoms with van der Waals surface area (Å²) in [5.41, 5.74) is 3.11. The average molecular weight is 308 g/mol. The number of fused-ring (bicyclic) bond motifs is 1. The van der Waals surface area contributed by atoms with Gasteiger partial charge in [0.1, 0.15) is 6.29 Å². The fraction of sp³-hybridized carbons (Fsp3) is 0.167. The van der Waals surface area contributed by atoms with Crippen LogP contribution < -0.4 is 0 Å². The van der Waals surface area contributed by atoms with Crippen molar-refractivity contribution in [3.8, 4) is 0 Å². The van der Waals surface area contributed by atoms with E-state index in [1.807, 2.05) is 42.1 Å². The van der Waals surface area contributed by atoms with Crippen LogP contribution >= 0.6 is 0 Å². The summed E-state index contributed by atoms with van der Waals surface area (Å²) in [4.78, 5) is 21.5. The van der Waals surface area contributed by atoms with Gasteiger partial charge in [0.25, 0.3) is 5.69 Å². The van der Waals surface area contributed by atoms with E-state index in [1.54, 1.807) is 12.1 Å². The molecule has 0 aliphatic carbocycles. The van der Waals surface area contributed by atoms with Crippen LogP contribution in [-0.2, 0) is 11.8 Å². The molecule has 116 valence electrons. The third kappa shape index (κ3) is 2.73. The molecular weight excluding hydrogens is 292 g/mol. The number of aldehydes is 1. The summed E-state index contributed by atoms with van der Waals surface area (Å²) in [5, 5.41) is 11.9. The Morgan fingerprint density at radius 3 is 2.52 bits per heavy atom. The first-order chi connectivity index (χ1) is 11.1. The number of nitro benzene ring substituents is 1. The van der Waals surface area contributed by atoms with E-state index in [9.17, 15) is 14.9 Å². The molecule has 0 N–H and O–H groups in total. The zero-order valence-corrected chi connectivity index (χ0v) is 12.7. The molecule has 3 aromatic rings. The molecule has 23 heavy (non-hydrogen) atoms. The zero-order valence-electron chi connectivity index (χ0n) is 12.7. The Morgan fingerprint density at radius 1 is 1.17 bits per heavy atom. The van der Waals surface area contributed by atoms with Gasteiger partial charge >= 0.3 is 0 Å². The smallest absolute Gasteiger partial charge is 0.269 e. The molecule has 0 aliphatic heterocycles. The van der Waals surface area contributed by atoms with Crippen LogP contribution in [0.15, 0.2) is 54.7 Å². The largest absolute Gasteiger partial charge is 0.350 e. The highest BCUT2D eigenvalue weighted by molar-refractivity contribution is 5.85. The second-order valence-corrected chi connectivity index (χ2v) is 5.52. The number of para-hydroxylation sites is 1. The molecule has 0 saturated carbocycles. The SMILES string of the molecule is Cn1cc([C@@H](CC=O)c2ccc([N+](=O)[O-])cc2)c2ccccc21. The van der Waals surface area contributed by atoms with Crippen LogP contribution in [-0.4, -0.2) is 15.8 Å². The van der Waals surface area contributed by atoms with Crippen LogP contribution in [0.2, 0.25) is 0 Å². The lowest BCUT2D eigenvalue weighted by molar-refractivity contribution is -0.384. The summed E-state index contributed by atoms with van der Waals surface area (Å²) < 4.78 is 2.04. The summed E-state index contributed by atoms with van der Waals surface area (Å²) in [6.45, 7) is 0. The normalized spacial score (nSPS) is 12.2. The molecule has 5 nitrogen and oxygen atoms in total. The first kappa shape index (κ1) is 15.0. The van der Waals surface area contributed by atoms with Gasteiger partial charge in [-0.3, -0.25) is 10.1 Å². The number of nitro groups is 1. The van der Waals surface area contributed by atoms with Gasteiger partial charge in [-0.05, 0) is 17.2 Å². The summed E-state index contributed by atoms with van der Waals surface area (Å²) in [6.07, 6.45) is 3.26. The summed E-state index contributed by atoms with van der Waals surface area (Å²) in [7, 11) is 1.97. The second kappa shape index (κ2) is 6.04. The van der Waals surface area contributed by atoms with E-state index < -0.39 is 4.92 Å². The molecule has 0 spiro atoms. The van der Waals surface area contributed by atoms with Crippen LogP contribution in [0.3, 0.4) is 0 Å². The van der Waals surface area contributed by atoms with Gasteiger partial charge in [-0.15, -0.1) is 0 Å². The molecule has 1 aromatic heterocycles. The number of benzene rings is 2. The van der Waals surface area contributed by atoms with Crippen molar-refractivity contribution in [2.45, 2.75) is 12.3 Å². The fourth-order valence-corrected chi connectivity index (χ4v) is 3.02. The average Bonchev–Trinajstić information content (AvgIpc) is 2.90. The second-order valence-electron chi connectivity index (χ2n) is 5.52. The van der Waals surface area contributed by atoms with Crippen molar-refractivity contribution >= 4 is 22.9 Å². The quantitative estimate of drug-likeness (QED) is 0.409. The Bertz CT molecular complexity index is 866. The van der Waals surface area contributed by atoms with E-state index in [1.165, 1.54) is 12.1 Å². The number of rotatable bonds is 5. The Labute approximate surface area is 133 Å². The molecule has 3 rings (SSSR count). The fourth-order valence-electron chi connectivity index (χ4n) is 3.02. The highest BCUT2D eigenvalue weighted by Gasteiger charge is 2.19. The van der Waals surface area contributed by atoms with Crippen LogP contribution in [0.25, 0.3) is 10.9 Å². The molecule has 1 heterocycles. The van der Waals surface area contributed by atoms with E-state index in [2.05, 4.69) is 0 Å². The number of carbonyl (C=O) groups is 1. The van der Waals surface area contributed by atoms with Crippen LogP contribution in [0.1, 0.15) is 23.5 Å². The van der Waals surface area contributed by atoms with Gasteiger partial charge in [-0.1, -0.05) is 30.3 Å². The first-order valence-corrected chi connectivity index (χ1v) is 7.33. The predicted molar refractivity (Wildman–Crippen MR) is 88.5 cm³/mol. The molecule has 1 atom stereocenters. The standard InChI is InChI=1S/C18H16N2O3/c1-19-12-17(16-4-2-3-5-18(16)19)15(10-11-21)13-6-8-14(9-7-13)20(22)23/h2-9,11-12,15H,10H2,1H3/t15-/m0/s1. The highest BCUT2D eigenvalue weighted by atomic mass is 16.6. The van der Waals surface area contributed by atoms with Gasteiger partial charge in [-0.2, -0.15) is 0 Å². The number of carbonyl (C=O) groups excluding carboxylic acids is 1. The zero-order chi connectivity index (χ0) is 16.4. The predicted octanol–water partition coefficient (Wildman–Crippen LogP) is 3.81. The number of hydrogen-bond acceptors (Lipinski definition) is 3. The van der Waals surface area contributed by atoms with Gasteiger partial charge in [-0.25, -0.2) is 0 Å². The minimum Gasteiger partial charge on any atom is -0.350 e. The number of non-ortho nitro benzene ring substituents is 1. The lowest BCUT2D eigenvalue weighted by Gasteiger charge is -2.14. The van der Waals surface area contributed by atoms with Gasteiger partial charge in [0.2, 0.25) is 0 Å². The van der Waals surface area contributed by atoms with Crippen LogP contribution in [0, 0.1) is 10.1 Å². The Morgan fingerprint density at radius 2 is 1.87 bits per heavy atom. The molecule has 2 aromatic carbocycles. The van der Waals surface area contributed by atoms with E-state index in [0.717, 1.165) is 28.3 Å². The minimum absolute atomic E-state index is 0.0523. The number of hydrogen-bond donors (Lipinski definition) is 0. The summed E-state index contributed by atoms with van der Waals surface area (Å²) in [5.74, 6) is -0.112. The lowest BCUT2D eigenvalue weighted by Crippen LogP contribution is -2.02. The maximum atomic E-state index is 11.2. The number of nitrogens with zero attached hydrogens (tertiary/aromatic N) is 2. The summed E-state index contributed by atoms with van der Waals surface area (Å²) in [6, 6.07) is 14.4. The molecular formula is C18H16N2O3.